The third-order valence-corrected chi connectivity index (χ3v) is 3.41. The van der Waals surface area contributed by atoms with Crippen molar-refractivity contribution in [2.24, 2.45) is 0 Å². The quantitative estimate of drug-likeness (QED) is 0.840. The summed E-state index contributed by atoms with van der Waals surface area (Å²) < 4.78 is 5.51. The van der Waals surface area contributed by atoms with Gasteiger partial charge in [-0.05, 0) is 37.5 Å². The van der Waals surface area contributed by atoms with Crippen molar-refractivity contribution in [3.63, 3.8) is 0 Å². The van der Waals surface area contributed by atoms with E-state index in [4.69, 9.17) is 4.74 Å². The van der Waals surface area contributed by atoms with Crippen LogP contribution in [0.5, 0.6) is 5.75 Å². The van der Waals surface area contributed by atoms with Crippen LogP contribution in [0.1, 0.15) is 44.6 Å². The summed E-state index contributed by atoms with van der Waals surface area (Å²) in [7, 11) is 0. The van der Waals surface area contributed by atoms with Gasteiger partial charge in [-0.1, -0.05) is 31.4 Å². The molecule has 1 aromatic rings. The molecule has 0 saturated heterocycles. The molecule has 0 unspecified atom stereocenters. The summed E-state index contributed by atoms with van der Waals surface area (Å²) in [5.74, 6) is 0.982. The number of benzene rings is 1. The molecule has 0 spiro atoms. The van der Waals surface area contributed by atoms with E-state index in [-0.39, 0.29) is 0 Å². The summed E-state index contributed by atoms with van der Waals surface area (Å²) in [5, 5.41) is 3.65. The van der Waals surface area contributed by atoms with E-state index in [2.05, 4.69) is 23.5 Å². The fourth-order valence-electron chi connectivity index (χ4n) is 2.48. The lowest BCUT2D eigenvalue weighted by Crippen LogP contribution is -2.30. The Balaban J connectivity index is 1.83. The first kappa shape index (κ1) is 12.4. The first-order valence-electron chi connectivity index (χ1n) is 6.83. The van der Waals surface area contributed by atoms with E-state index in [1.807, 2.05) is 13.0 Å². The molecule has 0 atom stereocenters. The highest BCUT2D eigenvalue weighted by Crippen LogP contribution is 2.18. The fraction of sp³-hybridized carbons (Fsp3) is 0.600. The third kappa shape index (κ3) is 4.04. The Kier molecular flexibility index (Phi) is 4.87. The number of ether oxygens (including phenoxy) is 1. The van der Waals surface area contributed by atoms with E-state index in [9.17, 15) is 0 Å². The summed E-state index contributed by atoms with van der Waals surface area (Å²) >= 11 is 0. The lowest BCUT2D eigenvalue weighted by atomic mass is 9.95. The molecule has 1 aromatic carbocycles. The highest BCUT2D eigenvalue weighted by Gasteiger charge is 2.12. The molecule has 94 valence electrons. The Labute approximate surface area is 104 Å². The highest BCUT2D eigenvalue weighted by molar-refractivity contribution is 5.28. The number of hydrogen-bond acceptors (Lipinski definition) is 2. The van der Waals surface area contributed by atoms with Crippen molar-refractivity contribution in [3.8, 4) is 5.75 Å². The maximum atomic E-state index is 5.51. The predicted octanol–water partition coefficient (Wildman–Crippen LogP) is 3.51. The summed E-state index contributed by atoms with van der Waals surface area (Å²) in [4.78, 5) is 0. The first-order valence-corrected chi connectivity index (χ1v) is 6.83. The topological polar surface area (TPSA) is 21.3 Å². The molecule has 1 aliphatic rings. The van der Waals surface area contributed by atoms with Crippen LogP contribution >= 0.6 is 0 Å². The second-order valence-electron chi connectivity index (χ2n) is 4.80. The Hall–Kier alpha value is -1.02. The zero-order valence-electron chi connectivity index (χ0n) is 10.7. The molecule has 2 heteroatoms. The van der Waals surface area contributed by atoms with Crippen LogP contribution in [0.2, 0.25) is 0 Å². The smallest absolute Gasteiger partial charge is 0.119 e. The molecular weight excluding hydrogens is 210 g/mol. The zero-order valence-corrected chi connectivity index (χ0v) is 10.7. The second kappa shape index (κ2) is 6.65. The minimum Gasteiger partial charge on any atom is -0.494 e. The van der Waals surface area contributed by atoms with Crippen molar-refractivity contribution >= 4 is 0 Å². The Bertz CT molecular complexity index is 331. The third-order valence-electron chi connectivity index (χ3n) is 3.41. The van der Waals surface area contributed by atoms with Crippen molar-refractivity contribution in [1.82, 2.24) is 5.32 Å². The predicted molar refractivity (Wildman–Crippen MR) is 71.3 cm³/mol. The van der Waals surface area contributed by atoms with E-state index in [1.165, 1.54) is 37.7 Å². The van der Waals surface area contributed by atoms with E-state index in [0.717, 1.165) is 24.9 Å². The summed E-state index contributed by atoms with van der Waals surface area (Å²) in [6.07, 6.45) is 6.86. The Morgan fingerprint density at radius 2 is 2.06 bits per heavy atom. The molecule has 1 saturated carbocycles. The molecular formula is C15H23NO. The van der Waals surface area contributed by atoms with Gasteiger partial charge in [0.2, 0.25) is 0 Å². The van der Waals surface area contributed by atoms with Gasteiger partial charge in [-0.15, -0.1) is 0 Å². The molecule has 1 aliphatic carbocycles. The van der Waals surface area contributed by atoms with E-state index >= 15 is 0 Å². The van der Waals surface area contributed by atoms with Crippen LogP contribution in [0.4, 0.5) is 0 Å². The zero-order chi connectivity index (χ0) is 11.9. The number of nitrogens with one attached hydrogen (secondary N) is 1. The lowest BCUT2D eigenvalue weighted by Gasteiger charge is -2.22. The van der Waals surface area contributed by atoms with Crippen LogP contribution in [0, 0.1) is 0 Å². The standard InChI is InChI=1S/C15H23NO/c1-2-17-15-10-6-7-13(11-15)12-16-14-8-4-3-5-9-14/h6-7,10-11,14,16H,2-5,8-9,12H2,1H3. The SMILES string of the molecule is CCOc1cccc(CNC2CCCCC2)c1. The summed E-state index contributed by atoms with van der Waals surface area (Å²) in [5.41, 5.74) is 1.32. The van der Waals surface area contributed by atoms with Crippen molar-refractivity contribution in [2.45, 2.75) is 51.6 Å². The molecule has 0 amide bonds. The van der Waals surface area contributed by atoms with Crippen LogP contribution in [-0.2, 0) is 6.54 Å². The molecule has 0 aromatic heterocycles. The Morgan fingerprint density at radius 3 is 2.82 bits per heavy atom. The highest BCUT2D eigenvalue weighted by atomic mass is 16.5. The molecule has 1 fully saturated rings. The molecule has 2 rings (SSSR count). The van der Waals surface area contributed by atoms with Gasteiger partial charge in [-0.3, -0.25) is 0 Å². The molecule has 0 radical (unpaired) electrons. The molecule has 1 N–H and O–H groups in total. The maximum Gasteiger partial charge on any atom is 0.119 e. The van der Waals surface area contributed by atoms with Gasteiger partial charge in [-0.2, -0.15) is 0 Å². The van der Waals surface area contributed by atoms with Crippen molar-refractivity contribution in [3.05, 3.63) is 29.8 Å². The molecule has 2 nitrogen and oxygen atoms in total. The second-order valence-corrected chi connectivity index (χ2v) is 4.80. The van der Waals surface area contributed by atoms with Gasteiger partial charge in [0.1, 0.15) is 5.75 Å². The van der Waals surface area contributed by atoms with Crippen LogP contribution in [0.3, 0.4) is 0 Å². The van der Waals surface area contributed by atoms with Gasteiger partial charge in [0.25, 0.3) is 0 Å². The average molecular weight is 233 g/mol. The molecule has 17 heavy (non-hydrogen) atoms. The van der Waals surface area contributed by atoms with Gasteiger partial charge in [0.05, 0.1) is 6.61 Å². The maximum absolute atomic E-state index is 5.51. The van der Waals surface area contributed by atoms with Crippen LogP contribution in [0.15, 0.2) is 24.3 Å². The first-order chi connectivity index (χ1) is 8.38. The van der Waals surface area contributed by atoms with Gasteiger partial charge >= 0.3 is 0 Å². The van der Waals surface area contributed by atoms with Gasteiger partial charge < -0.3 is 10.1 Å². The summed E-state index contributed by atoms with van der Waals surface area (Å²) in [6.45, 7) is 3.72. The van der Waals surface area contributed by atoms with E-state index < -0.39 is 0 Å². The van der Waals surface area contributed by atoms with E-state index in [0.29, 0.717) is 0 Å². The number of rotatable bonds is 5. The lowest BCUT2D eigenvalue weighted by molar-refractivity contribution is 0.339. The van der Waals surface area contributed by atoms with Crippen LogP contribution < -0.4 is 10.1 Å². The van der Waals surface area contributed by atoms with Crippen LogP contribution in [-0.4, -0.2) is 12.6 Å². The van der Waals surface area contributed by atoms with E-state index in [1.54, 1.807) is 0 Å². The fourth-order valence-corrected chi connectivity index (χ4v) is 2.48. The Morgan fingerprint density at radius 1 is 1.24 bits per heavy atom. The van der Waals surface area contributed by atoms with Crippen molar-refractivity contribution < 1.29 is 4.74 Å². The van der Waals surface area contributed by atoms with Gasteiger partial charge in [0, 0.05) is 12.6 Å². The minimum atomic E-state index is 0.722. The number of hydrogen-bond donors (Lipinski definition) is 1. The van der Waals surface area contributed by atoms with Gasteiger partial charge in [0.15, 0.2) is 0 Å². The minimum absolute atomic E-state index is 0.722. The normalized spacial score (nSPS) is 17.0. The van der Waals surface area contributed by atoms with Crippen molar-refractivity contribution in [2.75, 3.05) is 6.61 Å². The molecule has 0 bridgehead atoms. The molecule has 0 heterocycles. The monoisotopic (exact) mass is 233 g/mol. The van der Waals surface area contributed by atoms with Crippen LogP contribution in [0.25, 0.3) is 0 Å². The van der Waals surface area contributed by atoms with Gasteiger partial charge in [-0.25, -0.2) is 0 Å². The largest absolute Gasteiger partial charge is 0.494 e. The summed E-state index contributed by atoms with van der Waals surface area (Å²) in [6, 6.07) is 9.12. The van der Waals surface area contributed by atoms with Crippen molar-refractivity contribution in [1.29, 1.82) is 0 Å². The average Bonchev–Trinajstić information content (AvgIpc) is 2.39. The molecule has 0 aliphatic heterocycles.